The first-order valence-electron chi connectivity index (χ1n) is 10.3. The number of nitrogens with zero attached hydrogens (tertiary/aromatic N) is 3. The van der Waals surface area contributed by atoms with Gasteiger partial charge in [-0.1, -0.05) is 6.07 Å². The van der Waals surface area contributed by atoms with E-state index in [9.17, 15) is 9.18 Å². The molecule has 2 aromatic heterocycles. The average molecular weight is 502 g/mol. The Balaban J connectivity index is 1.48. The van der Waals surface area contributed by atoms with Crippen molar-refractivity contribution in [3.05, 3.63) is 59.6 Å². The van der Waals surface area contributed by atoms with Crippen LogP contribution in [0.5, 0.6) is 11.5 Å². The zero-order valence-corrected chi connectivity index (χ0v) is 19.8. The molecular weight excluding hydrogens is 481 g/mol. The van der Waals surface area contributed by atoms with Crippen LogP contribution in [0.4, 0.5) is 21.0 Å². The Hall–Kier alpha value is -3.50. The molecule has 1 amide bonds. The second-order valence-electron chi connectivity index (χ2n) is 7.13. The van der Waals surface area contributed by atoms with Gasteiger partial charge >= 0.3 is 0 Å². The van der Waals surface area contributed by atoms with Gasteiger partial charge in [-0.25, -0.2) is 19.3 Å². The summed E-state index contributed by atoms with van der Waals surface area (Å²) < 4.78 is 24.5. The highest BCUT2D eigenvalue weighted by Gasteiger charge is 2.14. The van der Waals surface area contributed by atoms with E-state index in [2.05, 4.69) is 25.6 Å². The van der Waals surface area contributed by atoms with Crippen LogP contribution in [0.2, 0.25) is 0 Å². The average Bonchev–Trinajstić information content (AvgIpc) is 3.25. The maximum absolute atomic E-state index is 13.3. The van der Waals surface area contributed by atoms with Gasteiger partial charge in [-0.2, -0.15) is 0 Å². The molecule has 11 heteroatoms. The number of nitrogens with one attached hydrogen (secondary N) is 2. The summed E-state index contributed by atoms with van der Waals surface area (Å²) in [6.07, 6.45) is 3.88. The molecule has 0 atom stereocenters. The lowest BCUT2D eigenvalue weighted by Crippen LogP contribution is -2.13. The number of methoxy groups -OCH3 is 1. The van der Waals surface area contributed by atoms with Crippen LogP contribution in [0.25, 0.3) is 10.9 Å². The molecular formula is C23H21ClFN5O3S. The minimum Gasteiger partial charge on any atom is -0.493 e. The van der Waals surface area contributed by atoms with E-state index in [0.29, 0.717) is 52.6 Å². The van der Waals surface area contributed by atoms with Gasteiger partial charge in [0.2, 0.25) is 5.91 Å². The van der Waals surface area contributed by atoms with Crippen molar-refractivity contribution in [2.75, 3.05) is 30.2 Å². The van der Waals surface area contributed by atoms with Crippen molar-refractivity contribution in [1.29, 1.82) is 0 Å². The molecule has 0 bridgehead atoms. The molecule has 0 unspecified atom stereocenters. The Morgan fingerprint density at radius 3 is 2.85 bits per heavy atom. The standard InChI is InChI=1S/C23H21ClFN5O3S/c1-32-19-10-17-18(11-20(19)33-7-3-6-24)27-13-28-22(17)30-23-26-12-16(34-23)9-21(31)29-15-5-2-4-14(25)8-15/h2,4-5,8,10-13H,3,6-7,9H2,1H3,(H,29,31)(H,26,27,28,30). The van der Waals surface area contributed by atoms with Gasteiger partial charge in [0.25, 0.3) is 0 Å². The highest BCUT2D eigenvalue weighted by atomic mass is 35.5. The molecule has 8 nitrogen and oxygen atoms in total. The molecule has 4 rings (SSSR count). The van der Waals surface area contributed by atoms with E-state index in [1.165, 1.54) is 35.9 Å². The van der Waals surface area contributed by atoms with E-state index in [4.69, 9.17) is 21.1 Å². The minimum absolute atomic E-state index is 0.108. The summed E-state index contributed by atoms with van der Waals surface area (Å²) in [6.45, 7) is 0.468. The van der Waals surface area contributed by atoms with Crippen LogP contribution in [0.15, 0.2) is 48.9 Å². The Labute approximate surface area is 204 Å². The lowest BCUT2D eigenvalue weighted by Gasteiger charge is -2.13. The van der Waals surface area contributed by atoms with E-state index < -0.39 is 5.82 Å². The van der Waals surface area contributed by atoms with Gasteiger partial charge in [0.05, 0.1) is 25.7 Å². The molecule has 0 saturated carbocycles. The van der Waals surface area contributed by atoms with Crippen LogP contribution in [0, 0.1) is 5.82 Å². The van der Waals surface area contributed by atoms with Crippen LogP contribution < -0.4 is 20.1 Å². The van der Waals surface area contributed by atoms with Crippen molar-refractivity contribution >= 4 is 56.4 Å². The lowest BCUT2D eigenvalue weighted by atomic mass is 10.2. The topological polar surface area (TPSA) is 98.3 Å². The van der Waals surface area contributed by atoms with Crippen molar-refractivity contribution in [2.24, 2.45) is 0 Å². The van der Waals surface area contributed by atoms with Crippen LogP contribution in [0.3, 0.4) is 0 Å². The first kappa shape index (κ1) is 23.7. The van der Waals surface area contributed by atoms with E-state index in [0.717, 1.165) is 10.3 Å². The predicted octanol–water partition coefficient (Wildman–Crippen LogP) is 5.17. The second kappa shape index (κ2) is 11.1. The van der Waals surface area contributed by atoms with Gasteiger partial charge in [0.15, 0.2) is 16.6 Å². The van der Waals surface area contributed by atoms with E-state index >= 15 is 0 Å². The van der Waals surface area contributed by atoms with Gasteiger partial charge in [0.1, 0.15) is 18.0 Å². The SMILES string of the molecule is COc1cc2c(Nc3ncc(CC(=O)Nc4cccc(F)c4)s3)ncnc2cc1OCCCCl. The zero-order chi connectivity index (χ0) is 23.9. The third kappa shape index (κ3) is 5.89. The maximum Gasteiger partial charge on any atom is 0.229 e. The van der Waals surface area contributed by atoms with E-state index in [1.807, 2.05) is 0 Å². The minimum atomic E-state index is -0.412. The normalized spacial score (nSPS) is 10.8. The fraction of sp³-hybridized carbons (Fsp3) is 0.217. The predicted molar refractivity (Wildman–Crippen MR) is 131 cm³/mol. The van der Waals surface area contributed by atoms with Crippen LogP contribution in [0.1, 0.15) is 11.3 Å². The Bertz CT molecular complexity index is 1300. The summed E-state index contributed by atoms with van der Waals surface area (Å²) in [5.41, 5.74) is 1.07. The second-order valence-corrected chi connectivity index (χ2v) is 8.62. The van der Waals surface area contributed by atoms with Gasteiger partial charge in [-0.15, -0.1) is 22.9 Å². The number of rotatable bonds is 10. The molecule has 2 N–H and O–H groups in total. The number of hydrogen-bond donors (Lipinski definition) is 2. The number of aromatic nitrogens is 3. The monoisotopic (exact) mass is 501 g/mol. The summed E-state index contributed by atoms with van der Waals surface area (Å²) in [6, 6.07) is 9.34. The smallest absolute Gasteiger partial charge is 0.229 e. The fourth-order valence-electron chi connectivity index (χ4n) is 3.15. The molecule has 0 spiro atoms. The molecule has 34 heavy (non-hydrogen) atoms. The number of halogens is 2. The summed E-state index contributed by atoms with van der Waals surface area (Å²) >= 11 is 7.04. The van der Waals surface area contributed by atoms with Crippen LogP contribution >= 0.6 is 22.9 Å². The largest absolute Gasteiger partial charge is 0.493 e. The maximum atomic E-state index is 13.3. The van der Waals surface area contributed by atoms with Crippen molar-refractivity contribution in [3.63, 3.8) is 0 Å². The molecule has 0 aliphatic heterocycles. The number of hydrogen-bond acceptors (Lipinski definition) is 8. The van der Waals surface area contributed by atoms with Crippen molar-refractivity contribution in [3.8, 4) is 11.5 Å². The highest BCUT2D eigenvalue weighted by Crippen LogP contribution is 2.35. The van der Waals surface area contributed by atoms with Crippen molar-refractivity contribution in [2.45, 2.75) is 12.8 Å². The molecule has 0 saturated heterocycles. The van der Waals surface area contributed by atoms with Crippen molar-refractivity contribution in [1.82, 2.24) is 15.0 Å². The third-order valence-corrected chi connectivity index (χ3v) is 5.86. The first-order chi connectivity index (χ1) is 16.6. The van der Waals surface area contributed by atoms with Gasteiger partial charge in [-0.05, 0) is 30.7 Å². The van der Waals surface area contributed by atoms with E-state index in [-0.39, 0.29) is 12.3 Å². The number of carbonyl (C=O) groups is 1. The number of alkyl halides is 1. The summed E-state index contributed by atoms with van der Waals surface area (Å²) in [4.78, 5) is 26.0. The number of fused-ring (bicyclic) bond motifs is 1. The molecule has 0 aliphatic rings. The quantitative estimate of drug-likeness (QED) is 0.228. The molecule has 0 radical (unpaired) electrons. The number of anilines is 3. The summed E-state index contributed by atoms with van der Waals surface area (Å²) in [5, 5.41) is 7.15. The number of amides is 1. The van der Waals surface area contributed by atoms with Crippen molar-refractivity contribution < 1.29 is 18.7 Å². The van der Waals surface area contributed by atoms with E-state index in [1.54, 1.807) is 31.5 Å². The molecule has 0 aliphatic carbocycles. The summed E-state index contributed by atoms with van der Waals surface area (Å²) in [5.74, 6) is 1.50. The van der Waals surface area contributed by atoms with Gasteiger partial charge in [-0.3, -0.25) is 4.79 Å². The molecule has 0 fully saturated rings. The molecule has 2 aromatic carbocycles. The van der Waals surface area contributed by atoms with Crippen LogP contribution in [-0.4, -0.2) is 40.5 Å². The van der Waals surface area contributed by atoms with Crippen LogP contribution in [-0.2, 0) is 11.2 Å². The zero-order valence-electron chi connectivity index (χ0n) is 18.2. The number of thiazole rings is 1. The summed E-state index contributed by atoms with van der Waals surface area (Å²) in [7, 11) is 1.56. The third-order valence-electron chi connectivity index (χ3n) is 4.68. The molecule has 4 aromatic rings. The molecule has 176 valence electrons. The first-order valence-corrected chi connectivity index (χ1v) is 11.7. The highest BCUT2D eigenvalue weighted by molar-refractivity contribution is 7.15. The Morgan fingerprint density at radius 1 is 1.18 bits per heavy atom. The van der Waals surface area contributed by atoms with Gasteiger partial charge < -0.3 is 20.1 Å². The number of ether oxygens (including phenoxy) is 2. The number of benzene rings is 2. The number of carbonyl (C=O) groups excluding carboxylic acids is 1. The lowest BCUT2D eigenvalue weighted by molar-refractivity contribution is -0.115. The Kier molecular flexibility index (Phi) is 7.71. The Morgan fingerprint density at radius 2 is 2.06 bits per heavy atom. The van der Waals surface area contributed by atoms with Gasteiger partial charge in [0, 0.05) is 34.1 Å². The molecule has 2 heterocycles. The fourth-order valence-corrected chi connectivity index (χ4v) is 4.07.